The summed E-state index contributed by atoms with van der Waals surface area (Å²) in [6.45, 7) is 0.741. The summed E-state index contributed by atoms with van der Waals surface area (Å²) in [5.74, 6) is -0.278. The van der Waals surface area contributed by atoms with Gasteiger partial charge in [-0.2, -0.15) is 0 Å². The second-order valence-electron chi connectivity index (χ2n) is 6.05. The minimum absolute atomic E-state index is 0.0947. The van der Waals surface area contributed by atoms with E-state index in [0.717, 1.165) is 0 Å². The summed E-state index contributed by atoms with van der Waals surface area (Å²) in [6.07, 6.45) is 1.04. The van der Waals surface area contributed by atoms with Gasteiger partial charge in [-0.25, -0.2) is 21.5 Å². The smallest absolute Gasteiger partial charge is 0.218 e. The topological polar surface area (TPSA) is 46.6 Å². The molecule has 1 heterocycles. The summed E-state index contributed by atoms with van der Waals surface area (Å²) in [4.78, 5) is 0. The number of hydrogen-bond acceptors (Lipinski definition) is 3. The van der Waals surface area contributed by atoms with Crippen LogP contribution in [-0.4, -0.2) is 31.9 Å². The van der Waals surface area contributed by atoms with E-state index in [4.69, 9.17) is 4.74 Å². The average molecular weight is 367 g/mol. The van der Waals surface area contributed by atoms with Gasteiger partial charge in [0.15, 0.2) is 0 Å². The summed E-state index contributed by atoms with van der Waals surface area (Å²) < 4.78 is 58.0. The molecule has 0 spiro atoms. The second-order valence-corrected chi connectivity index (χ2v) is 8.02. The molecule has 0 atom stereocenters. The van der Waals surface area contributed by atoms with Crippen LogP contribution in [0.4, 0.5) is 8.78 Å². The van der Waals surface area contributed by atoms with Crippen molar-refractivity contribution in [2.75, 3.05) is 13.1 Å². The molecule has 0 aliphatic carbocycles. The highest BCUT2D eigenvalue weighted by Crippen LogP contribution is 2.22. The van der Waals surface area contributed by atoms with Crippen LogP contribution in [0.15, 0.2) is 48.5 Å². The van der Waals surface area contributed by atoms with Crippen LogP contribution in [0.25, 0.3) is 0 Å². The van der Waals surface area contributed by atoms with E-state index in [0.29, 0.717) is 37.2 Å². The molecule has 4 nitrogen and oxygen atoms in total. The Morgan fingerprint density at radius 1 is 0.920 bits per heavy atom. The molecular weight excluding hydrogens is 348 g/mol. The van der Waals surface area contributed by atoms with E-state index >= 15 is 0 Å². The molecule has 2 aromatic rings. The molecule has 0 saturated carbocycles. The molecule has 1 aliphatic rings. The molecular formula is C18H19F2NO3S. The zero-order valence-corrected chi connectivity index (χ0v) is 14.4. The van der Waals surface area contributed by atoms with E-state index in [1.165, 1.54) is 40.7 Å². The van der Waals surface area contributed by atoms with Crippen molar-refractivity contribution in [2.24, 2.45) is 0 Å². The Labute approximate surface area is 146 Å². The third-order valence-corrected chi connectivity index (χ3v) is 6.02. The van der Waals surface area contributed by atoms with Gasteiger partial charge in [-0.15, -0.1) is 0 Å². The largest absolute Gasteiger partial charge is 0.490 e. The number of piperidine rings is 1. The molecule has 1 fully saturated rings. The van der Waals surface area contributed by atoms with Gasteiger partial charge in [0.25, 0.3) is 0 Å². The predicted molar refractivity (Wildman–Crippen MR) is 90.6 cm³/mol. The number of rotatable bonds is 5. The number of benzene rings is 2. The third-order valence-electron chi connectivity index (χ3n) is 4.17. The minimum Gasteiger partial charge on any atom is -0.490 e. The molecule has 1 saturated heterocycles. The molecule has 0 aromatic heterocycles. The first kappa shape index (κ1) is 17.8. The monoisotopic (exact) mass is 367 g/mol. The fourth-order valence-corrected chi connectivity index (χ4v) is 4.38. The van der Waals surface area contributed by atoms with Crippen LogP contribution < -0.4 is 4.74 Å². The molecule has 134 valence electrons. The van der Waals surface area contributed by atoms with Gasteiger partial charge in [0.2, 0.25) is 10.0 Å². The first-order chi connectivity index (χ1) is 11.9. The van der Waals surface area contributed by atoms with Gasteiger partial charge in [0.05, 0.1) is 5.75 Å². The lowest BCUT2D eigenvalue weighted by Gasteiger charge is -2.31. The van der Waals surface area contributed by atoms with Crippen molar-refractivity contribution >= 4 is 10.0 Å². The van der Waals surface area contributed by atoms with Crippen molar-refractivity contribution in [1.29, 1.82) is 0 Å². The SMILES string of the molecule is O=S(=O)(Cc1ccc(F)cc1)N1CCC(Oc2ccc(F)cc2)CC1. The van der Waals surface area contributed by atoms with Gasteiger partial charge in [-0.3, -0.25) is 0 Å². The standard InChI is InChI=1S/C18H19F2NO3S/c19-15-3-1-14(2-4-15)13-25(22,23)21-11-9-18(10-12-21)24-17-7-5-16(20)6-8-17/h1-8,18H,9-13H2. The van der Waals surface area contributed by atoms with E-state index in [1.807, 2.05) is 0 Å². The fraction of sp³-hybridized carbons (Fsp3) is 0.333. The summed E-state index contributed by atoms with van der Waals surface area (Å²) in [5, 5.41) is 0. The van der Waals surface area contributed by atoms with Gasteiger partial charge in [0, 0.05) is 13.1 Å². The Kier molecular flexibility index (Phi) is 5.34. The Hall–Kier alpha value is -1.99. The van der Waals surface area contributed by atoms with E-state index in [2.05, 4.69) is 0 Å². The van der Waals surface area contributed by atoms with Crippen LogP contribution >= 0.6 is 0 Å². The summed E-state index contributed by atoms with van der Waals surface area (Å²) >= 11 is 0. The highest BCUT2D eigenvalue weighted by molar-refractivity contribution is 7.88. The van der Waals surface area contributed by atoms with Gasteiger partial charge < -0.3 is 4.74 Å². The first-order valence-electron chi connectivity index (χ1n) is 8.07. The lowest BCUT2D eigenvalue weighted by molar-refractivity contribution is 0.135. The predicted octanol–water partition coefficient (Wildman–Crippen LogP) is 3.34. The Morgan fingerprint density at radius 2 is 1.44 bits per heavy atom. The zero-order valence-electron chi connectivity index (χ0n) is 13.6. The van der Waals surface area contributed by atoms with Crippen LogP contribution in [0.2, 0.25) is 0 Å². The van der Waals surface area contributed by atoms with Gasteiger partial charge >= 0.3 is 0 Å². The lowest BCUT2D eigenvalue weighted by Crippen LogP contribution is -2.42. The van der Waals surface area contributed by atoms with E-state index in [-0.39, 0.29) is 23.5 Å². The summed E-state index contributed by atoms with van der Waals surface area (Å²) in [7, 11) is -3.45. The van der Waals surface area contributed by atoms with Gasteiger partial charge in [0.1, 0.15) is 23.5 Å². The Bertz CT molecular complexity index is 799. The maximum atomic E-state index is 12.9. The normalized spacial score (nSPS) is 16.7. The van der Waals surface area contributed by atoms with Crippen LogP contribution in [0.3, 0.4) is 0 Å². The quantitative estimate of drug-likeness (QED) is 0.814. The molecule has 7 heteroatoms. The van der Waals surface area contributed by atoms with Crippen LogP contribution in [0, 0.1) is 11.6 Å². The van der Waals surface area contributed by atoms with Crippen LogP contribution in [0.1, 0.15) is 18.4 Å². The number of nitrogens with zero attached hydrogens (tertiary/aromatic N) is 1. The molecule has 0 radical (unpaired) electrons. The first-order valence-corrected chi connectivity index (χ1v) is 9.68. The Morgan fingerprint density at radius 3 is 2.00 bits per heavy atom. The third kappa shape index (κ3) is 4.76. The number of hydrogen-bond donors (Lipinski definition) is 0. The average Bonchev–Trinajstić information content (AvgIpc) is 2.59. The fourth-order valence-electron chi connectivity index (χ4n) is 2.82. The molecule has 3 rings (SSSR count). The summed E-state index contributed by atoms with van der Waals surface area (Å²) in [5.41, 5.74) is 0.561. The van der Waals surface area contributed by atoms with Crippen molar-refractivity contribution in [3.05, 3.63) is 65.7 Å². The molecule has 25 heavy (non-hydrogen) atoms. The van der Waals surface area contributed by atoms with Crippen molar-refractivity contribution in [1.82, 2.24) is 4.31 Å². The van der Waals surface area contributed by atoms with Crippen LogP contribution in [0.5, 0.6) is 5.75 Å². The molecule has 0 amide bonds. The molecule has 1 aliphatic heterocycles. The highest BCUT2D eigenvalue weighted by Gasteiger charge is 2.29. The second kappa shape index (κ2) is 7.49. The zero-order chi connectivity index (χ0) is 17.9. The van der Waals surface area contributed by atoms with Crippen molar-refractivity contribution in [3.8, 4) is 5.75 Å². The number of ether oxygens (including phenoxy) is 1. The van der Waals surface area contributed by atoms with E-state index < -0.39 is 10.0 Å². The van der Waals surface area contributed by atoms with E-state index in [1.54, 1.807) is 12.1 Å². The molecule has 0 N–H and O–H groups in total. The van der Waals surface area contributed by atoms with Crippen molar-refractivity contribution in [3.63, 3.8) is 0 Å². The maximum absolute atomic E-state index is 12.9. The Balaban J connectivity index is 1.55. The van der Waals surface area contributed by atoms with Gasteiger partial charge in [-0.05, 0) is 54.8 Å². The van der Waals surface area contributed by atoms with E-state index in [9.17, 15) is 17.2 Å². The molecule has 0 unspecified atom stereocenters. The van der Waals surface area contributed by atoms with Crippen molar-refractivity contribution < 1.29 is 21.9 Å². The lowest BCUT2D eigenvalue weighted by atomic mass is 10.1. The number of sulfonamides is 1. The van der Waals surface area contributed by atoms with Crippen LogP contribution in [-0.2, 0) is 15.8 Å². The van der Waals surface area contributed by atoms with Gasteiger partial charge in [-0.1, -0.05) is 12.1 Å². The number of halogens is 2. The maximum Gasteiger partial charge on any atom is 0.218 e. The minimum atomic E-state index is -3.45. The molecule has 2 aromatic carbocycles. The summed E-state index contributed by atoms with van der Waals surface area (Å²) in [6, 6.07) is 11.3. The highest BCUT2D eigenvalue weighted by atomic mass is 32.2. The van der Waals surface area contributed by atoms with Crippen molar-refractivity contribution in [2.45, 2.75) is 24.7 Å². The molecule has 0 bridgehead atoms.